The van der Waals surface area contributed by atoms with E-state index >= 15 is 0 Å². The lowest BCUT2D eigenvalue weighted by atomic mass is 9.88. The number of hydrogen-bond acceptors (Lipinski definition) is 5. The first-order chi connectivity index (χ1) is 11.1. The van der Waals surface area contributed by atoms with Crippen molar-refractivity contribution in [2.24, 2.45) is 5.92 Å². The van der Waals surface area contributed by atoms with E-state index in [1.54, 1.807) is 0 Å². The Balaban J connectivity index is 0.00000156. The number of aromatic hydroxyl groups is 1. The Labute approximate surface area is 158 Å². The zero-order valence-corrected chi connectivity index (χ0v) is 15.5. The van der Waals surface area contributed by atoms with Crippen LogP contribution in [0.3, 0.4) is 0 Å². The van der Waals surface area contributed by atoms with E-state index in [0.717, 1.165) is 57.9 Å². The molecular weight excluding hydrogens is 372 g/mol. The van der Waals surface area contributed by atoms with Gasteiger partial charge in [0.2, 0.25) is 0 Å². The van der Waals surface area contributed by atoms with Crippen LogP contribution >= 0.6 is 24.8 Å². The van der Waals surface area contributed by atoms with E-state index in [0.29, 0.717) is 11.5 Å². The highest BCUT2D eigenvalue weighted by Crippen LogP contribution is 2.44. The van der Waals surface area contributed by atoms with Crippen molar-refractivity contribution >= 4 is 30.5 Å². The van der Waals surface area contributed by atoms with Crippen LogP contribution in [0.4, 0.5) is 10.1 Å². The number of phenolic OH excluding ortho intramolecular Hbond substituents is 1. The number of nitrogens with one attached hydrogen (secondary N) is 1. The van der Waals surface area contributed by atoms with Gasteiger partial charge in [-0.05, 0) is 18.8 Å². The quantitative estimate of drug-likeness (QED) is 0.602. The smallest absolute Gasteiger partial charge is 0.272 e. The molecular formula is C16H24Cl2FN3O3. The van der Waals surface area contributed by atoms with Crippen LogP contribution in [0.1, 0.15) is 37.3 Å². The Morgan fingerprint density at radius 1 is 1.24 bits per heavy atom. The molecule has 9 heteroatoms. The summed E-state index contributed by atoms with van der Waals surface area (Å²) in [5.74, 6) is -1.04. The Morgan fingerprint density at radius 3 is 2.40 bits per heavy atom. The first-order valence-electron chi connectivity index (χ1n) is 8.19. The van der Waals surface area contributed by atoms with Crippen molar-refractivity contribution < 1.29 is 14.4 Å². The van der Waals surface area contributed by atoms with Crippen molar-refractivity contribution in [1.29, 1.82) is 0 Å². The van der Waals surface area contributed by atoms with Crippen molar-refractivity contribution in [3.05, 3.63) is 33.6 Å². The maximum absolute atomic E-state index is 14.0. The zero-order valence-electron chi connectivity index (χ0n) is 13.8. The fourth-order valence-electron chi connectivity index (χ4n) is 3.92. The van der Waals surface area contributed by atoms with Crippen LogP contribution in [0.2, 0.25) is 0 Å². The normalized spacial score (nSPS) is 19.7. The molecule has 142 valence electrons. The van der Waals surface area contributed by atoms with Gasteiger partial charge in [-0.15, -0.1) is 24.8 Å². The van der Waals surface area contributed by atoms with Crippen LogP contribution in [-0.4, -0.2) is 41.1 Å². The van der Waals surface area contributed by atoms with Crippen molar-refractivity contribution in [3.8, 4) is 5.75 Å². The summed E-state index contributed by atoms with van der Waals surface area (Å²) >= 11 is 0. The summed E-state index contributed by atoms with van der Waals surface area (Å²) in [7, 11) is 0. The summed E-state index contributed by atoms with van der Waals surface area (Å²) in [6, 6.07) is 1.99. The highest BCUT2D eigenvalue weighted by molar-refractivity contribution is 5.85. The molecule has 1 aliphatic heterocycles. The zero-order chi connectivity index (χ0) is 16.4. The van der Waals surface area contributed by atoms with E-state index in [2.05, 4.69) is 10.2 Å². The summed E-state index contributed by atoms with van der Waals surface area (Å²) in [6.07, 6.45) is 4.26. The molecule has 2 aliphatic rings. The minimum atomic E-state index is -0.910. The lowest BCUT2D eigenvalue weighted by molar-refractivity contribution is -0.385. The number of nitro benzene ring substituents is 1. The second kappa shape index (κ2) is 9.52. The standard InChI is InChI=1S/C16H22FN3O3.2ClH/c17-14-10-12(20(22)23)9-13(16(14)21)15(11-3-1-2-4-11)19-7-5-18-6-8-19;;/h9-11,15,18,21H,1-8H2;2*1H/t15-;;/m0../s1. The molecule has 1 heterocycles. The van der Waals surface area contributed by atoms with Crippen molar-refractivity contribution in [2.75, 3.05) is 26.2 Å². The van der Waals surface area contributed by atoms with E-state index in [-0.39, 0.29) is 36.5 Å². The Hall–Kier alpha value is -1.15. The molecule has 1 saturated heterocycles. The molecule has 6 nitrogen and oxygen atoms in total. The van der Waals surface area contributed by atoms with Gasteiger partial charge >= 0.3 is 0 Å². The van der Waals surface area contributed by atoms with E-state index < -0.39 is 16.5 Å². The van der Waals surface area contributed by atoms with Gasteiger partial charge < -0.3 is 10.4 Å². The number of phenols is 1. The van der Waals surface area contributed by atoms with Gasteiger partial charge in [-0.3, -0.25) is 15.0 Å². The van der Waals surface area contributed by atoms with E-state index in [1.165, 1.54) is 6.07 Å². The van der Waals surface area contributed by atoms with Gasteiger partial charge in [0.05, 0.1) is 11.0 Å². The Bertz CT molecular complexity index is 594. The van der Waals surface area contributed by atoms with Crippen molar-refractivity contribution in [2.45, 2.75) is 31.7 Å². The van der Waals surface area contributed by atoms with Gasteiger partial charge in [-0.2, -0.15) is 0 Å². The highest BCUT2D eigenvalue weighted by Gasteiger charge is 2.35. The third kappa shape index (κ3) is 4.73. The monoisotopic (exact) mass is 395 g/mol. The van der Waals surface area contributed by atoms with Gasteiger partial charge in [0.1, 0.15) is 0 Å². The molecule has 1 saturated carbocycles. The van der Waals surface area contributed by atoms with E-state index in [1.807, 2.05) is 0 Å². The number of nitrogens with zero attached hydrogens (tertiary/aromatic N) is 2. The molecule has 0 amide bonds. The Kier molecular flexibility index (Phi) is 8.34. The second-order valence-electron chi connectivity index (χ2n) is 6.40. The first kappa shape index (κ1) is 21.9. The fourth-order valence-corrected chi connectivity index (χ4v) is 3.92. The summed E-state index contributed by atoms with van der Waals surface area (Å²) < 4.78 is 14.0. The number of non-ortho nitro benzene ring substituents is 1. The summed E-state index contributed by atoms with van der Waals surface area (Å²) in [6.45, 7) is 3.26. The van der Waals surface area contributed by atoms with Crippen LogP contribution in [0.15, 0.2) is 12.1 Å². The minimum Gasteiger partial charge on any atom is -0.505 e. The molecule has 0 unspecified atom stereocenters. The number of piperazine rings is 1. The average molecular weight is 396 g/mol. The fraction of sp³-hybridized carbons (Fsp3) is 0.625. The molecule has 0 aromatic heterocycles. The molecule has 3 rings (SSSR count). The summed E-state index contributed by atoms with van der Waals surface area (Å²) in [4.78, 5) is 12.7. The summed E-state index contributed by atoms with van der Waals surface area (Å²) in [5.41, 5.74) is 0.0685. The van der Waals surface area contributed by atoms with Crippen LogP contribution in [-0.2, 0) is 0 Å². The van der Waals surface area contributed by atoms with Crippen LogP contribution in [0.25, 0.3) is 0 Å². The SMILES string of the molecule is Cl.Cl.O=[N+]([O-])c1cc(F)c(O)c([C@H](C2CCCC2)N2CCNCC2)c1. The third-order valence-corrected chi connectivity index (χ3v) is 5.00. The largest absolute Gasteiger partial charge is 0.505 e. The highest BCUT2D eigenvalue weighted by atomic mass is 35.5. The number of hydrogen-bond donors (Lipinski definition) is 2. The van der Waals surface area contributed by atoms with E-state index in [9.17, 15) is 19.6 Å². The molecule has 25 heavy (non-hydrogen) atoms. The van der Waals surface area contributed by atoms with Crippen LogP contribution < -0.4 is 5.32 Å². The van der Waals surface area contributed by atoms with Gasteiger partial charge in [0, 0.05) is 43.9 Å². The number of halogens is 3. The van der Waals surface area contributed by atoms with Crippen molar-refractivity contribution in [3.63, 3.8) is 0 Å². The van der Waals surface area contributed by atoms with Gasteiger partial charge in [0.25, 0.3) is 5.69 Å². The van der Waals surface area contributed by atoms with Gasteiger partial charge in [-0.1, -0.05) is 12.8 Å². The third-order valence-electron chi connectivity index (χ3n) is 5.00. The number of rotatable bonds is 4. The lowest BCUT2D eigenvalue weighted by Gasteiger charge is -2.38. The molecule has 2 fully saturated rings. The molecule has 1 aromatic carbocycles. The van der Waals surface area contributed by atoms with E-state index in [4.69, 9.17) is 0 Å². The van der Waals surface area contributed by atoms with Crippen LogP contribution in [0.5, 0.6) is 5.75 Å². The topological polar surface area (TPSA) is 78.6 Å². The maximum atomic E-state index is 14.0. The first-order valence-corrected chi connectivity index (χ1v) is 8.19. The Morgan fingerprint density at radius 2 is 1.84 bits per heavy atom. The molecule has 0 bridgehead atoms. The molecule has 0 spiro atoms. The van der Waals surface area contributed by atoms with Crippen LogP contribution in [0, 0.1) is 21.8 Å². The molecule has 0 radical (unpaired) electrons. The molecule has 1 atom stereocenters. The van der Waals surface area contributed by atoms with Gasteiger partial charge in [-0.25, -0.2) is 4.39 Å². The molecule has 2 N–H and O–H groups in total. The van der Waals surface area contributed by atoms with Crippen molar-refractivity contribution in [1.82, 2.24) is 10.2 Å². The van der Waals surface area contributed by atoms with Gasteiger partial charge in [0.15, 0.2) is 11.6 Å². The second-order valence-corrected chi connectivity index (χ2v) is 6.40. The predicted octanol–water partition coefficient (Wildman–Crippen LogP) is 3.42. The number of nitro groups is 1. The summed E-state index contributed by atoms with van der Waals surface area (Å²) in [5, 5.41) is 24.6. The predicted molar refractivity (Wildman–Crippen MR) is 98.4 cm³/mol. The average Bonchev–Trinajstić information content (AvgIpc) is 3.06. The lowest BCUT2D eigenvalue weighted by Crippen LogP contribution is -2.46. The number of benzene rings is 1. The molecule has 1 aliphatic carbocycles. The minimum absolute atomic E-state index is 0. The molecule has 1 aromatic rings. The maximum Gasteiger partial charge on any atom is 0.272 e.